The Morgan fingerprint density at radius 2 is 1.44 bits per heavy atom. The zero-order chi connectivity index (χ0) is 18.5. The molecule has 0 aliphatic rings. The van der Waals surface area contributed by atoms with E-state index in [0.29, 0.717) is 6.54 Å². The third-order valence-electron chi connectivity index (χ3n) is 4.54. The van der Waals surface area contributed by atoms with Crippen LogP contribution in [-0.2, 0) is 6.54 Å². The Balaban J connectivity index is 1.60. The number of nitrogens with one attached hydrogen (secondary N) is 1. The monoisotopic (exact) mass is 355 g/mol. The fourth-order valence-corrected chi connectivity index (χ4v) is 3.11. The molecule has 0 radical (unpaired) electrons. The van der Waals surface area contributed by atoms with Crippen molar-refractivity contribution in [3.8, 4) is 5.69 Å². The Kier molecular flexibility index (Phi) is 5.03. The highest BCUT2D eigenvalue weighted by Crippen LogP contribution is 2.23. The van der Waals surface area contributed by atoms with Gasteiger partial charge < -0.3 is 0 Å². The Bertz CT molecular complexity index is 978. The molecule has 5 heteroatoms. The van der Waals surface area contributed by atoms with Crippen molar-refractivity contribution in [1.82, 2.24) is 25.5 Å². The highest BCUT2D eigenvalue weighted by Gasteiger charge is 2.16. The predicted octanol–water partition coefficient (Wildman–Crippen LogP) is 3.85. The Morgan fingerprint density at radius 3 is 2.15 bits per heavy atom. The molecule has 0 amide bonds. The number of aromatic nitrogens is 4. The number of benzene rings is 3. The molecular formula is C22H21N5. The first-order valence-electron chi connectivity index (χ1n) is 8.99. The number of para-hydroxylation sites is 1. The number of nitrogens with zero attached hydrogens (tertiary/aromatic N) is 4. The van der Waals surface area contributed by atoms with E-state index in [4.69, 9.17) is 0 Å². The topological polar surface area (TPSA) is 55.6 Å². The van der Waals surface area contributed by atoms with Gasteiger partial charge in [0.1, 0.15) is 0 Å². The SMILES string of the molecule is Cc1ccc([C@@H](NCc2nnnn2-c2ccccc2)c2ccccc2)cc1. The van der Waals surface area contributed by atoms with E-state index in [9.17, 15) is 0 Å². The molecular weight excluding hydrogens is 334 g/mol. The van der Waals surface area contributed by atoms with Crippen molar-refractivity contribution < 1.29 is 0 Å². The maximum Gasteiger partial charge on any atom is 0.170 e. The van der Waals surface area contributed by atoms with Crippen molar-refractivity contribution in [2.75, 3.05) is 0 Å². The van der Waals surface area contributed by atoms with E-state index < -0.39 is 0 Å². The summed E-state index contributed by atoms with van der Waals surface area (Å²) in [6, 6.07) is 29.0. The van der Waals surface area contributed by atoms with Crippen LogP contribution in [0.2, 0.25) is 0 Å². The summed E-state index contributed by atoms with van der Waals surface area (Å²) in [4.78, 5) is 0. The van der Waals surface area contributed by atoms with Crippen molar-refractivity contribution in [2.24, 2.45) is 0 Å². The lowest BCUT2D eigenvalue weighted by Gasteiger charge is -2.20. The maximum absolute atomic E-state index is 4.21. The molecule has 0 spiro atoms. The summed E-state index contributed by atoms with van der Waals surface area (Å²) in [5.74, 6) is 0.772. The van der Waals surface area contributed by atoms with Gasteiger partial charge in [0, 0.05) is 0 Å². The van der Waals surface area contributed by atoms with Gasteiger partial charge in [-0.15, -0.1) is 5.10 Å². The van der Waals surface area contributed by atoms with Gasteiger partial charge in [0.2, 0.25) is 0 Å². The van der Waals surface area contributed by atoms with Gasteiger partial charge in [0.15, 0.2) is 5.82 Å². The molecule has 4 aromatic rings. The molecule has 134 valence electrons. The minimum atomic E-state index is 0.0627. The lowest BCUT2D eigenvalue weighted by Crippen LogP contribution is -2.24. The first-order chi connectivity index (χ1) is 13.3. The Hall–Kier alpha value is -3.31. The molecule has 0 saturated heterocycles. The smallest absolute Gasteiger partial charge is 0.170 e. The van der Waals surface area contributed by atoms with Crippen LogP contribution in [-0.4, -0.2) is 20.2 Å². The van der Waals surface area contributed by atoms with Gasteiger partial charge in [-0.05, 0) is 40.6 Å². The van der Waals surface area contributed by atoms with Gasteiger partial charge in [0.05, 0.1) is 18.3 Å². The lowest BCUT2D eigenvalue weighted by molar-refractivity contribution is 0.576. The quantitative estimate of drug-likeness (QED) is 0.571. The highest BCUT2D eigenvalue weighted by molar-refractivity contribution is 5.34. The second-order valence-corrected chi connectivity index (χ2v) is 6.48. The highest BCUT2D eigenvalue weighted by atomic mass is 15.5. The molecule has 5 nitrogen and oxygen atoms in total. The fourth-order valence-electron chi connectivity index (χ4n) is 3.11. The van der Waals surface area contributed by atoms with Gasteiger partial charge in [0.25, 0.3) is 0 Å². The van der Waals surface area contributed by atoms with Crippen LogP contribution < -0.4 is 5.32 Å². The Morgan fingerprint density at radius 1 is 0.815 bits per heavy atom. The number of tetrazole rings is 1. The lowest BCUT2D eigenvalue weighted by atomic mass is 9.98. The summed E-state index contributed by atoms with van der Waals surface area (Å²) < 4.78 is 1.77. The van der Waals surface area contributed by atoms with E-state index in [0.717, 1.165) is 11.5 Å². The normalized spacial score (nSPS) is 12.0. The van der Waals surface area contributed by atoms with Crippen LogP contribution in [0.5, 0.6) is 0 Å². The molecule has 1 heterocycles. The second-order valence-electron chi connectivity index (χ2n) is 6.48. The van der Waals surface area contributed by atoms with Crippen LogP contribution in [0, 0.1) is 6.92 Å². The van der Waals surface area contributed by atoms with Crippen LogP contribution >= 0.6 is 0 Å². The Labute approximate surface area is 158 Å². The van der Waals surface area contributed by atoms with E-state index in [1.807, 2.05) is 36.4 Å². The summed E-state index contributed by atoms with van der Waals surface area (Å²) in [6.07, 6.45) is 0. The molecule has 1 N–H and O–H groups in total. The summed E-state index contributed by atoms with van der Waals surface area (Å²) in [7, 11) is 0. The number of aryl methyl sites for hydroxylation is 1. The minimum Gasteiger partial charge on any atom is -0.299 e. The van der Waals surface area contributed by atoms with Gasteiger partial charge in [-0.1, -0.05) is 78.4 Å². The first kappa shape index (κ1) is 17.1. The summed E-state index contributed by atoms with van der Waals surface area (Å²) in [5.41, 5.74) is 4.62. The minimum absolute atomic E-state index is 0.0627. The van der Waals surface area contributed by atoms with Crippen molar-refractivity contribution in [1.29, 1.82) is 0 Å². The number of hydrogen-bond acceptors (Lipinski definition) is 4. The molecule has 0 fully saturated rings. The molecule has 0 aliphatic heterocycles. The summed E-state index contributed by atoms with van der Waals surface area (Å²) >= 11 is 0. The largest absolute Gasteiger partial charge is 0.299 e. The third kappa shape index (κ3) is 3.93. The van der Waals surface area contributed by atoms with Crippen LogP contribution in [0.25, 0.3) is 5.69 Å². The molecule has 0 saturated carbocycles. The molecule has 4 rings (SSSR count). The predicted molar refractivity (Wildman–Crippen MR) is 105 cm³/mol. The van der Waals surface area contributed by atoms with Gasteiger partial charge in [-0.25, -0.2) is 0 Å². The van der Waals surface area contributed by atoms with Gasteiger partial charge in [-0.2, -0.15) is 4.68 Å². The van der Waals surface area contributed by atoms with Crippen molar-refractivity contribution in [3.63, 3.8) is 0 Å². The van der Waals surface area contributed by atoms with Crippen molar-refractivity contribution in [2.45, 2.75) is 19.5 Å². The maximum atomic E-state index is 4.21. The molecule has 0 unspecified atom stereocenters. The van der Waals surface area contributed by atoms with E-state index in [1.165, 1.54) is 16.7 Å². The van der Waals surface area contributed by atoms with E-state index in [2.05, 4.69) is 76.3 Å². The van der Waals surface area contributed by atoms with Crippen molar-refractivity contribution in [3.05, 3.63) is 107 Å². The van der Waals surface area contributed by atoms with Gasteiger partial charge in [-0.3, -0.25) is 5.32 Å². The molecule has 0 bridgehead atoms. The molecule has 1 atom stereocenters. The molecule has 3 aromatic carbocycles. The second kappa shape index (κ2) is 7.93. The third-order valence-corrected chi connectivity index (χ3v) is 4.54. The average molecular weight is 355 g/mol. The van der Waals surface area contributed by atoms with Crippen molar-refractivity contribution >= 4 is 0 Å². The van der Waals surface area contributed by atoms with Crippen LogP contribution in [0.4, 0.5) is 0 Å². The average Bonchev–Trinajstić information content (AvgIpc) is 3.19. The van der Waals surface area contributed by atoms with E-state index in [1.54, 1.807) is 4.68 Å². The molecule has 1 aromatic heterocycles. The fraction of sp³-hybridized carbons (Fsp3) is 0.136. The first-order valence-corrected chi connectivity index (χ1v) is 8.99. The zero-order valence-electron chi connectivity index (χ0n) is 15.2. The van der Waals surface area contributed by atoms with Crippen LogP contribution in [0.15, 0.2) is 84.9 Å². The summed E-state index contributed by atoms with van der Waals surface area (Å²) in [5, 5.41) is 15.8. The molecule has 27 heavy (non-hydrogen) atoms. The zero-order valence-corrected chi connectivity index (χ0v) is 15.2. The number of hydrogen-bond donors (Lipinski definition) is 1. The van der Waals surface area contributed by atoms with Crippen LogP contribution in [0.1, 0.15) is 28.6 Å². The van der Waals surface area contributed by atoms with E-state index >= 15 is 0 Å². The van der Waals surface area contributed by atoms with E-state index in [-0.39, 0.29) is 6.04 Å². The molecule has 0 aliphatic carbocycles. The van der Waals surface area contributed by atoms with Gasteiger partial charge >= 0.3 is 0 Å². The number of rotatable bonds is 6. The van der Waals surface area contributed by atoms with Crippen LogP contribution in [0.3, 0.4) is 0 Å². The summed E-state index contributed by atoms with van der Waals surface area (Å²) in [6.45, 7) is 2.65. The standard InChI is InChI=1S/C22H21N5/c1-17-12-14-19(15-13-17)22(18-8-4-2-5-9-18)23-16-21-24-25-26-27(21)20-10-6-3-7-11-20/h2-15,22-23H,16H2,1H3/t22-/m0/s1.